The van der Waals surface area contributed by atoms with Gasteiger partial charge < -0.3 is 5.32 Å². The minimum atomic E-state index is -3.62. The van der Waals surface area contributed by atoms with Crippen LogP contribution < -0.4 is 5.32 Å². The Morgan fingerprint density at radius 2 is 2.00 bits per heavy atom. The van der Waals surface area contributed by atoms with Crippen molar-refractivity contribution in [3.8, 4) is 0 Å². The molecule has 1 aromatic carbocycles. The van der Waals surface area contributed by atoms with Gasteiger partial charge in [0.2, 0.25) is 5.91 Å². The average Bonchev–Trinajstić information content (AvgIpc) is 3.13. The maximum atomic E-state index is 12.5. The van der Waals surface area contributed by atoms with Gasteiger partial charge in [-0.05, 0) is 40.8 Å². The molecule has 1 N–H and O–H groups in total. The van der Waals surface area contributed by atoms with Crippen LogP contribution in [0.5, 0.6) is 0 Å². The van der Waals surface area contributed by atoms with Crippen molar-refractivity contribution in [3.63, 3.8) is 0 Å². The molecule has 0 bridgehead atoms. The number of sulfonamides is 1. The molecule has 0 spiro atoms. The molecule has 1 amide bonds. The van der Waals surface area contributed by atoms with Crippen LogP contribution in [0.15, 0.2) is 46.0 Å². The summed E-state index contributed by atoms with van der Waals surface area (Å²) < 4.78 is 26.3. The van der Waals surface area contributed by atoms with E-state index in [1.54, 1.807) is 17.5 Å². The second kappa shape index (κ2) is 7.13. The minimum Gasteiger partial charge on any atom is -0.348 e. The normalized spacial score (nSPS) is 19.2. The first-order valence-corrected chi connectivity index (χ1v) is 10.9. The summed E-state index contributed by atoms with van der Waals surface area (Å²) in [6.45, 7) is 4.23. The van der Waals surface area contributed by atoms with Crippen molar-refractivity contribution in [3.05, 3.63) is 52.9 Å². The molecule has 1 heterocycles. The Hall–Kier alpha value is -1.70. The number of fused-ring (bicyclic) bond motifs is 1. The molecule has 0 saturated carbocycles. The van der Waals surface area contributed by atoms with Gasteiger partial charge in [-0.1, -0.05) is 44.2 Å². The fourth-order valence-electron chi connectivity index (χ4n) is 3.45. The minimum absolute atomic E-state index is 0.0791. The van der Waals surface area contributed by atoms with Gasteiger partial charge in [0.15, 0.2) is 0 Å². The van der Waals surface area contributed by atoms with Gasteiger partial charge in [-0.2, -0.15) is 4.31 Å². The molecule has 1 unspecified atom stereocenters. The number of carbonyl (C=O) groups excluding carboxylic acids is 1. The van der Waals surface area contributed by atoms with Gasteiger partial charge in [-0.15, -0.1) is 11.3 Å². The molecular formula is C19H24N2O3S2. The number of rotatable bonds is 5. The topological polar surface area (TPSA) is 66.5 Å². The zero-order valence-electron chi connectivity index (χ0n) is 15.2. The Balaban J connectivity index is 1.71. The molecule has 0 aliphatic heterocycles. The van der Waals surface area contributed by atoms with E-state index in [2.05, 4.69) is 25.2 Å². The highest BCUT2D eigenvalue weighted by molar-refractivity contribution is 7.91. The Morgan fingerprint density at radius 3 is 2.69 bits per heavy atom. The monoisotopic (exact) mass is 392 g/mol. The van der Waals surface area contributed by atoms with Crippen LogP contribution in [0.25, 0.3) is 0 Å². The van der Waals surface area contributed by atoms with Crippen molar-refractivity contribution in [1.29, 1.82) is 0 Å². The predicted octanol–water partition coefficient (Wildman–Crippen LogP) is 3.30. The summed E-state index contributed by atoms with van der Waals surface area (Å²) in [7, 11) is -2.18. The quantitative estimate of drug-likeness (QED) is 0.849. The summed E-state index contributed by atoms with van der Waals surface area (Å²) in [6.07, 6.45) is 1.81. The van der Waals surface area contributed by atoms with E-state index < -0.39 is 10.0 Å². The van der Waals surface area contributed by atoms with E-state index in [-0.39, 0.29) is 28.1 Å². The maximum absolute atomic E-state index is 12.5. The van der Waals surface area contributed by atoms with E-state index in [1.165, 1.54) is 12.6 Å². The first-order chi connectivity index (χ1) is 12.2. The number of hydrogen-bond donors (Lipinski definition) is 1. The molecule has 1 aliphatic rings. The van der Waals surface area contributed by atoms with Crippen LogP contribution in [-0.4, -0.2) is 32.2 Å². The molecule has 1 aromatic heterocycles. The van der Waals surface area contributed by atoms with Crippen molar-refractivity contribution in [2.75, 3.05) is 13.6 Å². The molecule has 0 fully saturated rings. The summed E-state index contributed by atoms with van der Waals surface area (Å²) >= 11 is 1.15. The van der Waals surface area contributed by atoms with Gasteiger partial charge in [0.05, 0.1) is 12.6 Å². The molecular weight excluding hydrogens is 368 g/mol. The zero-order chi connectivity index (χ0) is 18.9. The number of hydrogen-bond acceptors (Lipinski definition) is 4. The van der Waals surface area contributed by atoms with Crippen LogP contribution in [-0.2, 0) is 20.2 Å². The summed E-state index contributed by atoms with van der Waals surface area (Å²) in [5.41, 5.74) is 2.45. The number of likely N-dealkylation sites (N-methyl/N-ethyl adjacent to an activating group) is 1. The SMILES string of the molecule is CN(CC(=O)NC1CCC(C)(C)c2ccccc21)S(=O)(=O)c1cccs1. The lowest BCUT2D eigenvalue weighted by atomic mass is 9.71. The van der Waals surface area contributed by atoms with Gasteiger partial charge in [-0.3, -0.25) is 4.79 Å². The second-order valence-corrected chi connectivity index (χ2v) is 10.5. The number of benzene rings is 1. The van der Waals surface area contributed by atoms with Gasteiger partial charge in [0.1, 0.15) is 4.21 Å². The Bertz CT molecular complexity index is 889. The van der Waals surface area contributed by atoms with Gasteiger partial charge >= 0.3 is 0 Å². The van der Waals surface area contributed by atoms with E-state index in [1.807, 2.05) is 18.2 Å². The third kappa shape index (κ3) is 3.70. The van der Waals surface area contributed by atoms with Crippen molar-refractivity contribution in [2.45, 2.75) is 42.4 Å². The second-order valence-electron chi connectivity index (χ2n) is 7.32. The molecule has 1 atom stereocenters. The van der Waals surface area contributed by atoms with E-state index in [9.17, 15) is 13.2 Å². The fraction of sp³-hybridized carbons (Fsp3) is 0.421. The number of nitrogens with one attached hydrogen (secondary N) is 1. The Morgan fingerprint density at radius 1 is 1.27 bits per heavy atom. The van der Waals surface area contributed by atoms with Crippen molar-refractivity contribution in [1.82, 2.24) is 9.62 Å². The lowest BCUT2D eigenvalue weighted by Crippen LogP contribution is -2.41. The lowest BCUT2D eigenvalue weighted by Gasteiger charge is -2.37. The summed E-state index contributed by atoms with van der Waals surface area (Å²) in [5.74, 6) is -0.285. The van der Waals surface area contributed by atoms with Gasteiger partial charge in [-0.25, -0.2) is 8.42 Å². The van der Waals surface area contributed by atoms with Crippen LogP contribution in [0, 0.1) is 0 Å². The summed E-state index contributed by atoms with van der Waals surface area (Å²) in [4.78, 5) is 12.5. The Kier molecular flexibility index (Phi) is 5.23. The maximum Gasteiger partial charge on any atom is 0.252 e. The number of nitrogens with zero attached hydrogens (tertiary/aromatic N) is 1. The van der Waals surface area contributed by atoms with E-state index in [0.717, 1.165) is 34.0 Å². The van der Waals surface area contributed by atoms with Crippen molar-refractivity contribution < 1.29 is 13.2 Å². The van der Waals surface area contributed by atoms with Gasteiger partial charge in [0.25, 0.3) is 10.0 Å². The van der Waals surface area contributed by atoms with Crippen LogP contribution >= 0.6 is 11.3 Å². The van der Waals surface area contributed by atoms with Crippen LogP contribution in [0.2, 0.25) is 0 Å². The third-order valence-corrected chi connectivity index (χ3v) is 8.16. The van der Waals surface area contributed by atoms with Crippen LogP contribution in [0.1, 0.15) is 43.9 Å². The highest BCUT2D eigenvalue weighted by atomic mass is 32.2. The third-order valence-electron chi connectivity index (χ3n) is 4.98. The molecule has 140 valence electrons. The molecule has 7 heteroatoms. The zero-order valence-corrected chi connectivity index (χ0v) is 16.9. The van der Waals surface area contributed by atoms with Crippen molar-refractivity contribution in [2.24, 2.45) is 0 Å². The lowest BCUT2D eigenvalue weighted by molar-refractivity contribution is -0.122. The smallest absolute Gasteiger partial charge is 0.252 e. The summed E-state index contributed by atoms with van der Waals surface area (Å²) in [6, 6.07) is 11.3. The summed E-state index contributed by atoms with van der Waals surface area (Å²) in [5, 5.41) is 4.73. The number of thiophene rings is 1. The molecule has 0 saturated heterocycles. The van der Waals surface area contributed by atoms with Crippen LogP contribution in [0.3, 0.4) is 0 Å². The molecule has 5 nitrogen and oxygen atoms in total. The molecule has 26 heavy (non-hydrogen) atoms. The highest BCUT2D eigenvalue weighted by Crippen LogP contribution is 2.41. The van der Waals surface area contributed by atoms with E-state index in [0.29, 0.717) is 0 Å². The fourth-order valence-corrected chi connectivity index (χ4v) is 5.78. The largest absolute Gasteiger partial charge is 0.348 e. The van der Waals surface area contributed by atoms with Crippen molar-refractivity contribution >= 4 is 27.3 Å². The Labute approximate surface area is 159 Å². The van der Waals surface area contributed by atoms with E-state index in [4.69, 9.17) is 0 Å². The molecule has 0 radical (unpaired) electrons. The highest BCUT2D eigenvalue weighted by Gasteiger charge is 2.33. The van der Waals surface area contributed by atoms with Gasteiger partial charge in [0, 0.05) is 7.05 Å². The molecule has 3 rings (SSSR count). The average molecular weight is 393 g/mol. The predicted molar refractivity (Wildman–Crippen MR) is 104 cm³/mol. The molecule has 1 aliphatic carbocycles. The first-order valence-electron chi connectivity index (χ1n) is 8.60. The number of carbonyl (C=O) groups is 1. The molecule has 2 aromatic rings. The first kappa shape index (κ1) is 19.1. The van der Waals surface area contributed by atoms with Crippen LogP contribution in [0.4, 0.5) is 0 Å². The number of amides is 1. The standard InChI is InChI=1S/C19H24N2O3S2/c1-19(2)11-10-16(14-7-4-5-8-15(14)19)20-17(22)13-21(3)26(23,24)18-9-6-12-25-18/h4-9,12,16H,10-11,13H2,1-3H3,(H,20,22). The van der Waals surface area contributed by atoms with E-state index >= 15 is 0 Å².